The lowest BCUT2D eigenvalue weighted by molar-refractivity contribution is 0.611. The molecule has 0 bridgehead atoms. The molecule has 0 fully saturated rings. The van der Waals surface area contributed by atoms with Gasteiger partial charge in [0.2, 0.25) is 0 Å². The van der Waals surface area contributed by atoms with Gasteiger partial charge >= 0.3 is 0 Å². The fourth-order valence-electron chi connectivity index (χ4n) is 1.74. The molecule has 0 radical (unpaired) electrons. The topological polar surface area (TPSA) is 26.0 Å². The van der Waals surface area contributed by atoms with Crippen molar-refractivity contribution >= 4 is 15.9 Å². The van der Waals surface area contributed by atoms with Crippen molar-refractivity contribution in [2.75, 3.05) is 0 Å². The van der Waals surface area contributed by atoms with Gasteiger partial charge in [0, 0.05) is 6.04 Å². The normalized spacial score (nSPS) is 12.4. The van der Waals surface area contributed by atoms with Gasteiger partial charge in [-0.05, 0) is 57.7 Å². The molecule has 1 atom stereocenters. The van der Waals surface area contributed by atoms with Crippen LogP contribution in [0.2, 0.25) is 0 Å². The molecular formula is C14H12BrF2N. The van der Waals surface area contributed by atoms with E-state index in [9.17, 15) is 8.78 Å². The van der Waals surface area contributed by atoms with Crippen LogP contribution >= 0.6 is 15.9 Å². The Morgan fingerprint density at radius 1 is 1.06 bits per heavy atom. The van der Waals surface area contributed by atoms with Crippen molar-refractivity contribution in [3.63, 3.8) is 0 Å². The monoisotopic (exact) mass is 311 g/mol. The summed E-state index contributed by atoms with van der Waals surface area (Å²) in [7, 11) is 0. The molecule has 2 N–H and O–H groups in total. The van der Waals surface area contributed by atoms with Crippen LogP contribution in [0.1, 0.15) is 17.2 Å². The molecule has 2 aromatic rings. The highest BCUT2D eigenvalue weighted by Crippen LogP contribution is 2.22. The van der Waals surface area contributed by atoms with Gasteiger partial charge in [0.1, 0.15) is 11.6 Å². The minimum atomic E-state index is -0.331. The average molecular weight is 312 g/mol. The Bertz CT molecular complexity index is 540. The van der Waals surface area contributed by atoms with E-state index in [0.29, 0.717) is 10.9 Å². The average Bonchev–Trinajstić information content (AvgIpc) is 2.35. The second-order valence-corrected chi connectivity index (χ2v) is 4.96. The molecular weight excluding hydrogens is 300 g/mol. The predicted molar refractivity (Wildman–Crippen MR) is 71.1 cm³/mol. The van der Waals surface area contributed by atoms with Gasteiger partial charge in [-0.15, -0.1) is 0 Å². The van der Waals surface area contributed by atoms with Crippen LogP contribution in [0.5, 0.6) is 0 Å². The maximum absolute atomic E-state index is 13.4. The maximum atomic E-state index is 13.4. The molecule has 1 nitrogen and oxygen atoms in total. The smallest absolute Gasteiger partial charge is 0.137 e. The first kappa shape index (κ1) is 13.2. The van der Waals surface area contributed by atoms with Crippen LogP contribution in [-0.2, 0) is 6.42 Å². The van der Waals surface area contributed by atoms with Crippen molar-refractivity contribution < 1.29 is 8.78 Å². The number of benzene rings is 2. The van der Waals surface area contributed by atoms with E-state index >= 15 is 0 Å². The van der Waals surface area contributed by atoms with E-state index in [2.05, 4.69) is 15.9 Å². The van der Waals surface area contributed by atoms with Crippen molar-refractivity contribution in [3.8, 4) is 0 Å². The van der Waals surface area contributed by atoms with Gasteiger partial charge in [-0.3, -0.25) is 0 Å². The molecule has 0 heterocycles. The molecule has 0 spiro atoms. The lowest BCUT2D eigenvalue weighted by atomic mass is 10.00. The maximum Gasteiger partial charge on any atom is 0.137 e. The van der Waals surface area contributed by atoms with Gasteiger partial charge in [0.25, 0.3) is 0 Å². The van der Waals surface area contributed by atoms with Crippen LogP contribution < -0.4 is 5.73 Å². The van der Waals surface area contributed by atoms with Crippen molar-refractivity contribution in [3.05, 3.63) is 69.7 Å². The molecule has 4 heteroatoms. The Labute approximate surface area is 113 Å². The molecule has 0 amide bonds. The minimum absolute atomic E-state index is 0.276. The van der Waals surface area contributed by atoms with Gasteiger partial charge in [-0.1, -0.05) is 18.2 Å². The first-order chi connectivity index (χ1) is 8.56. The highest BCUT2D eigenvalue weighted by Gasteiger charge is 2.09. The van der Waals surface area contributed by atoms with E-state index in [1.165, 1.54) is 18.2 Å². The number of halogens is 3. The summed E-state index contributed by atoms with van der Waals surface area (Å²) < 4.78 is 26.6. The van der Waals surface area contributed by atoms with Gasteiger partial charge < -0.3 is 5.73 Å². The minimum Gasteiger partial charge on any atom is -0.324 e. The molecule has 0 saturated carbocycles. The molecule has 0 aliphatic heterocycles. The Morgan fingerprint density at radius 2 is 1.72 bits per heavy atom. The molecule has 0 aromatic heterocycles. The van der Waals surface area contributed by atoms with E-state index < -0.39 is 0 Å². The predicted octanol–water partition coefficient (Wildman–Crippen LogP) is 3.97. The zero-order valence-electron chi connectivity index (χ0n) is 9.54. The van der Waals surface area contributed by atoms with Gasteiger partial charge in [0.05, 0.1) is 4.47 Å². The molecule has 0 aliphatic carbocycles. The Hall–Kier alpha value is -1.26. The zero-order chi connectivity index (χ0) is 13.1. The second kappa shape index (κ2) is 5.59. The lowest BCUT2D eigenvalue weighted by Crippen LogP contribution is -2.13. The third-order valence-electron chi connectivity index (χ3n) is 2.74. The largest absolute Gasteiger partial charge is 0.324 e. The van der Waals surface area contributed by atoms with Crippen molar-refractivity contribution in [1.82, 2.24) is 0 Å². The van der Waals surface area contributed by atoms with E-state index in [0.717, 1.165) is 11.1 Å². The lowest BCUT2D eigenvalue weighted by Gasteiger charge is -2.12. The standard InChI is InChI=1S/C14H12BrF2N/c15-12-6-3-10(8-13(12)17)14(18)7-9-1-4-11(16)5-2-9/h1-6,8,14H,7,18H2. The SMILES string of the molecule is NC(Cc1ccc(F)cc1)c1ccc(Br)c(F)c1. The van der Waals surface area contributed by atoms with Crippen LogP contribution in [0.15, 0.2) is 46.9 Å². The molecule has 2 rings (SSSR count). The number of hydrogen-bond donors (Lipinski definition) is 1. The van der Waals surface area contributed by atoms with Crippen molar-refractivity contribution in [1.29, 1.82) is 0 Å². The van der Waals surface area contributed by atoms with Crippen molar-refractivity contribution in [2.24, 2.45) is 5.73 Å². The number of nitrogens with two attached hydrogens (primary N) is 1. The zero-order valence-corrected chi connectivity index (χ0v) is 11.1. The summed E-state index contributed by atoms with van der Waals surface area (Å²) in [6, 6.07) is 10.7. The van der Waals surface area contributed by atoms with Crippen LogP contribution in [0.25, 0.3) is 0 Å². The molecule has 1 unspecified atom stereocenters. The molecule has 94 valence electrons. The summed E-state index contributed by atoms with van der Waals surface area (Å²) in [5.74, 6) is -0.607. The van der Waals surface area contributed by atoms with Crippen LogP contribution in [0, 0.1) is 11.6 Å². The second-order valence-electron chi connectivity index (χ2n) is 4.11. The summed E-state index contributed by atoms with van der Waals surface area (Å²) >= 11 is 3.10. The Morgan fingerprint density at radius 3 is 2.33 bits per heavy atom. The van der Waals surface area contributed by atoms with Gasteiger partial charge in [-0.25, -0.2) is 8.78 Å². The van der Waals surface area contributed by atoms with Crippen LogP contribution in [0.4, 0.5) is 8.78 Å². The summed E-state index contributed by atoms with van der Waals surface area (Å²) in [6.07, 6.45) is 0.543. The summed E-state index contributed by atoms with van der Waals surface area (Å²) in [6.45, 7) is 0. The van der Waals surface area contributed by atoms with Gasteiger partial charge in [0.15, 0.2) is 0 Å². The van der Waals surface area contributed by atoms with Crippen molar-refractivity contribution in [2.45, 2.75) is 12.5 Å². The summed E-state index contributed by atoms with van der Waals surface area (Å²) in [5.41, 5.74) is 7.65. The summed E-state index contributed by atoms with van der Waals surface area (Å²) in [4.78, 5) is 0. The van der Waals surface area contributed by atoms with E-state index in [-0.39, 0.29) is 17.7 Å². The fourth-order valence-corrected chi connectivity index (χ4v) is 1.98. The Kier molecular flexibility index (Phi) is 4.09. The molecule has 0 saturated heterocycles. The Balaban J connectivity index is 2.13. The highest BCUT2D eigenvalue weighted by atomic mass is 79.9. The fraction of sp³-hybridized carbons (Fsp3) is 0.143. The first-order valence-corrected chi connectivity index (χ1v) is 6.30. The van der Waals surface area contributed by atoms with Crippen LogP contribution in [-0.4, -0.2) is 0 Å². The van der Waals surface area contributed by atoms with E-state index in [4.69, 9.17) is 5.73 Å². The third-order valence-corrected chi connectivity index (χ3v) is 3.38. The van der Waals surface area contributed by atoms with Gasteiger partial charge in [-0.2, -0.15) is 0 Å². The summed E-state index contributed by atoms with van der Waals surface area (Å²) in [5, 5.41) is 0. The van der Waals surface area contributed by atoms with Crippen LogP contribution in [0.3, 0.4) is 0 Å². The first-order valence-electron chi connectivity index (χ1n) is 5.51. The van der Waals surface area contributed by atoms with E-state index in [1.807, 2.05) is 0 Å². The molecule has 0 aliphatic rings. The molecule has 2 aromatic carbocycles. The third kappa shape index (κ3) is 3.15. The van der Waals surface area contributed by atoms with E-state index in [1.54, 1.807) is 24.3 Å². The highest BCUT2D eigenvalue weighted by molar-refractivity contribution is 9.10. The quantitative estimate of drug-likeness (QED) is 0.912. The number of hydrogen-bond acceptors (Lipinski definition) is 1. The molecule has 18 heavy (non-hydrogen) atoms. The number of rotatable bonds is 3.